The third-order valence-corrected chi connectivity index (χ3v) is 3.60. The van der Waals surface area contributed by atoms with Crippen molar-refractivity contribution in [3.05, 3.63) is 29.6 Å². The summed E-state index contributed by atoms with van der Waals surface area (Å²) in [6.07, 6.45) is 1.13. The van der Waals surface area contributed by atoms with E-state index in [1.807, 2.05) is 0 Å². The Morgan fingerprint density at radius 1 is 1.35 bits per heavy atom. The number of aromatic nitrogens is 1. The molecule has 1 N–H and O–H groups in total. The van der Waals surface area contributed by atoms with Crippen LogP contribution in [0.25, 0.3) is 0 Å². The van der Waals surface area contributed by atoms with Gasteiger partial charge in [-0.1, -0.05) is 6.07 Å². The quantitative estimate of drug-likeness (QED) is 0.895. The first kappa shape index (κ1) is 15.4. The Labute approximate surface area is 122 Å². The van der Waals surface area contributed by atoms with Crippen molar-refractivity contribution in [3.63, 3.8) is 0 Å². The lowest BCUT2D eigenvalue weighted by Crippen LogP contribution is -2.35. The summed E-state index contributed by atoms with van der Waals surface area (Å²) in [5, 5.41) is 3.48. The van der Waals surface area contributed by atoms with Gasteiger partial charge in [0.25, 0.3) is 0 Å². The van der Waals surface area contributed by atoms with Gasteiger partial charge in [0.15, 0.2) is 0 Å². The van der Waals surface area contributed by atoms with Crippen molar-refractivity contribution in [2.24, 2.45) is 0 Å². The van der Waals surface area contributed by atoms with E-state index < -0.39 is 0 Å². The fourth-order valence-electron chi connectivity index (χ4n) is 2.33. The SMILES string of the molecule is CN(Cc1cccc(CNC(C)(C)C)n1)C1CCOC1. The van der Waals surface area contributed by atoms with E-state index >= 15 is 0 Å². The lowest BCUT2D eigenvalue weighted by molar-refractivity contribution is 0.155. The summed E-state index contributed by atoms with van der Waals surface area (Å²) in [7, 11) is 2.15. The zero-order chi connectivity index (χ0) is 14.6. The van der Waals surface area contributed by atoms with Crippen molar-refractivity contribution in [1.82, 2.24) is 15.2 Å². The number of nitrogens with one attached hydrogen (secondary N) is 1. The Bertz CT molecular complexity index is 422. The topological polar surface area (TPSA) is 37.4 Å². The summed E-state index contributed by atoms with van der Waals surface area (Å²) in [5.41, 5.74) is 2.36. The molecule has 4 nitrogen and oxygen atoms in total. The first-order chi connectivity index (χ1) is 9.44. The molecule has 0 amide bonds. The van der Waals surface area contributed by atoms with Crippen molar-refractivity contribution in [2.75, 3.05) is 20.3 Å². The first-order valence-electron chi connectivity index (χ1n) is 7.42. The van der Waals surface area contributed by atoms with E-state index in [-0.39, 0.29) is 5.54 Å². The highest BCUT2D eigenvalue weighted by molar-refractivity contribution is 5.11. The molecular formula is C16H27N3O. The minimum Gasteiger partial charge on any atom is -0.380 e. The lowest BCUT2D eigenvalue weighted by Gasteiger charge is -2.23. The molecule has 2 heterocycles. The number of likely N-dealkylation sites (N-methyl/N-ethyl adjacent to an activating group) is 1. The largest absolute Gasteiger partial charge is 0.380 e. The van der Waals surface area contributed by atoms with E-state index in [1.165, 1.54) is 0 Å². The smallest absolute Gasteiger partial charge is 0.0622 e. The zero-order valence-electron chi connectivity index (χ0n) is 13.1. The van der Waals surface area contributed by atoms with Crippen molar-refractivity contribution in [1.29, 1.82) is 0 Å². The van der Waals surface area contributed by atoms with Crippen LogP contribution in [0.5, 0.6) is 0 Å². The van der Waals surface area contributed by atoms with Gasteiger partial charge in [0, 0.05) is 31.3 Å². The van der Waals surface area contributed by atoms with Crippen LogP contribution in [0.3, 0.4) is 0 Å². The lowest BCUT2D eigenvalue weighted by atomic mass is 10.1. The predicted molar refractivity (Wildman–Crippen MR) is 81.5 cm³/mol. The number of hydrogen-bond donors (Lipinski definition) is 1. The summed E-state index contributed by atoms with van der Waals surface area (Å²) in [4.78, 5) is 7.09. The molecule has 1 saturated heterocycles. The minimum absolute atomic E-state index is 0.121. The monoisotopic (exact) mass is 277 g/mol. The van der Waals surface area contributed by atoms with Crippen molar-refractivity contribution in [3.8, 4) is 0 Å². The Balaban J connectivity index is 1.91. The number of nitrogens with zero attached hydrogens (tertiary/aromatic N) is 2. The highest BCUT2D eigenvalue weighted by atomic mass is 16.5. The van der Waals surface area contributed by atoms with Crippen LogP contribution < -0.4 is 5.32 Å². The summed E-state index contributed by atoms with van der Waals surface area (Å²) in [6, 6.07) is 6.82. The van der Waals surface area contributed by atoms with Crippen LogP contribution in [0.2, 0.25) is 0 Å². The molecule has 0 saturated carbocycles. The summed E-state index contributed by atoms with van der Waals surface area (Å²) in [5.74, 6) is 0. The Morgan fingerprint density at radius 3 is 2.75 bits per heavy atom. The number of ether oxygens (including phenoxy) is 1. The van der Waals surface area contributed by atoms with Crippen LogP contribution in [0.4, 0.5) is 0 Å². The molecule has 0 aromatic carbocycles. The molecule has 20 heavy (non-hydrogen) atoms. The summed E-state index contributed by atoms with van der Waals surface area (Å²) < 4.78 is 5.44. The van der Waals surface area contributed by atoms with E-state index in [0.717, 1.165) is 44.1 Å². The van der Waals surface area contributed by atoms with E-state index in [4.69, 9.17) is 9.72 Å². The van der Waals surface area contributed by atoms with Crippen LogP contribution >= 0.6 is 0 Å². The Hall–Kier alpha value is -0.970. The molecule has 1 aromatic heterocycles. The van der Waals surface area contributed by atoms with Gasteiger partial charge < -0.3 is 10.1 Å². The molecule has 0 radical (unpaired) electrons. The molecule has 1 fully saturated rings. The van der Waals surface area contributed by atoms with E-state index in [9.17, 15) is 0 Å². The molecule has 1 unspecified atom stereocenters. The fourth-order valence-corrected chi connectivity index (χ4v) is 2.33. The van der Waals surface area contributed by atoms with Crippen molar-refractivity contribution >= 4 is 0 Å². The standard InChI is InChI=1S/C16H27N3O/c1-16(2,3)17-10-13-6-5-7-14(18-13)11-19(4)15-8-9-20-12-15/h5-7,15,17H,8-12H2,1-4H3. The van der Waals surface area contributed by atoms with Gasteiger partial charge in [-0.15, -0.1) is 0 Å². The molecule has 1 aliphatic rings. The summed E-state index contributed by atoms with van der Waals surface area (Å²) >= 11 is 0. The molecule has 1 aliphatic heterocycles. The van der Waals surface area contributed by atoms with Gasteiger partial charge in [-0.2, -0.15) is 0 Å². The molecule has 4 heteroatoms. The molecule has 0 aliphatic carbocycles. The van der Waals surface area contributed by atoms with E-state index in [1.54, 1.807) is 0 Å². The van der Waals surface area contributed by atoms with Crippen LogP contribution in [0.15, 0.2) is 18.2 Å². The maximum atomic E-state index is 5.44. The van der Waals surface area contributed by atoms with E-state index in [0.29, 0.717) is 6.04 Å². The molecular weight excluding hydrogens is 250 g/mol. The molecule has 1 aromatic rings. The van der Waals surface area contributed by atoms with Crippen LogP contribution in [-0.4, -0.2) is 41.7 Å². The van der Waals surface area contributed by atoms with Crippen molar-refractivity contribution in [2.45, 2.75) is 51.9 Å². The summed E-state index contributed by atoms with van der Waals surface area (Å²) in [6.45, 7) is 9.95. The van der Waals surface area contributed by atoms with Crippen molar-refractivity contribution < 1.29 is 4.74 Å². The maximum Gasteiger partial charge on any atom is 0.0622 e. The van der Waals surface area contributed by atoms with Gasteiger partial charge in [0.2, 0.25) is 0 Å². The van der Waals surface area contributed by atoms with Crippen LogP contribution in [0, 0.1) is 0 Å². The molecule has 112 valence electrons. The van der Waals surface area contributed by atoms with Gasteiger partial charge in [-0.05, 0) is 46.4 Å². The second kappa shape index (κ2) is 6.66. The van der Waals surface area contributed by atoms with Gasteiger partial charge >= 0.3 is 0 Å². The van der Waals surface area contributed by atoms with Crippen LogP contribution in [0.1, 0.15) is 38.6 Å². The van der Waals surface area contributed by atoms with Gasteiger partial charge in [0.1, 0.15) is 0 Å². The molecule has 0 bridgehead atoms. The molecule has 2 rings (SSSR count). The van der Waals surface area contributed by atoms with Gasteiger partial charge in [-0.25, -0.2) is 0 Å². The highest BCUT2D eigenvalue weighted by Gasteiger charge is 2.20. The molecule has 1 atom stereocenters. The van der Waals surface area contributed by atoms with Crippen LogP contribution in [-0.2, 0) is 17.8 Å². The third kappa shape index (κ3) is 4.85. The average molecular weight is 277 g/mol. The second-order valence-corrected chi connectivity index (χ2v) is 6.66. The Kier molecular flexibility index (Phi) is 5.13. The predicted octanol–water partition coefficient (Wildman–Crippen LogP) is 2.19. The number of pyridine rings is 1. The average Bonchev–Trinajstić information content (AvgIpc) is 2.90. The highest BCUT2D eigenvalue weighted by Crippen LogP contribution is 2.13. The van der Waals surface area contributed by atoms with Gasteiger partial charge in [-0.3, -0.25) is 9.88 Å². The minimum atomic E-state index is 0.121. The maximum absolute atomic E-state index is 5.44. The zero-order valence-corrected chi connectivity index (χ0v) is 13.1. The number of rotatable bonds is 5. The Morgan fingerprint density at radius 2 is 2.10 bits per heavy atom. The third-order valence-electron chi connectivity index (χ3n) is 3.60. The molecule has 0 spiro atoms. The van der Waals surface area contributed by atoms with E-state index in [2.05, 4.69) is 56.2 Å². The second-order valence-electron chi connectivity index (χ2n) is 6.66. The normalized spacial score (nSPS) is 19.8. The number of hydrogen-bond acceptors (Lipinski definition) is 4. The first-order valence-corrected chi connectivity index (χ1v) is 7.42. The fraction of sp³-hybridized carbons (Fsp3) is 0.688. The van der Waals surface area contributed by atoms with Gasteiger partial charge in [0.05, 0.1) is 18.0 Å².